The minimum Gasteiger partial charge on any atom is -0.444 e. The van der Waals surface area contributed by atoms with Crippen LogP contribution in [0.15, 0.2) is 24.3 Å². The molecule has 7 heteroatoms. The van der Waals surface area contributed by atoms with Gasteiger partial charge in [0.25, 0.3) is 0 Å². The highest BCUT2D eigenvalue weighted by molar-refractivity contribution is 5.86. The molecule has 1 aliphatic rings. The zero-order valence-electron chi connectivity index (χ0n) is 25.1. The maximum atomic E-state index is 13.5. The van der Waals surface area contributed by atoms with Gasteiger partial charge < -0.3 is 20.3 Å². The van der Waals surface area contributed by atoms with E-state index in [-0.39, 0.29) is 5.91 Å². The topological polar surface area (TPSA) is 99.1 Å². The number of hydrogen-bond acceptors (Lipinski definition) is 5. The molecule has 1 saturated heterocycles. The van der Waals surface area contributed by atoms with Crippen LogP contribution in [-0.2, 0) is 9.53 Å². The van der Waals surface area contributed by atoms with E-state index in [0.717, 1.165) is 24.8 Å². The Hall–Kier alpha value is -2.12. The lowest BCUT2D eigenvalue weighted by molar-refractivity contribution is -0.130. The molecule has 1 aliphatic heterocycles. The van der Waals surface area contributed by atoms with E-state index < -0.39 is 36.5 Å². The molecular weight excluding hydrogens is 492 g/mol. The minimum absolute atomic E-state index is 0.346. The number of carbonyl (C=O) groups excluding carboxylic acids is 2. The molecule has 4 atom stereocenters. The highest BCUT2D eigenvalue weighted by Crippen LogP contribution is 2.30. The number of rotatable bonds is 15. The molecule has 222 valence electrons. The van der Waals surface area contributed by atoms with Crippen LogP contribution in [0.5, 0.6) is 0 Å². The molecule has 1 heterocycles. The van der Waals surface area contributed by atoms with Gasteiger partial charge in [-0.3, -0.25) is 9.69 Å². The molecule has 39 heavy (non-hydrogen) atoms. The van der Waals surface area contributed by atoms with Gasteiger partial charge in [0.1, 0.15) is 17.7 Å². The number of amides is 2. The molecule has 7 nitrogen and oxygen atoms in total. The van der Waals surface area contributed by atoms with Gasteiger partial charge in [0.15, 0.2) is 0 Å². The first kappa shape index (κ1) is 33.1. The van der Waals surface area contributed by atoms with E-state index in [1.54, 1.807) is 12.1 Å². The monoisotopic (exact) mass is 546 g/mol. The van der Waals surface area contributed by atoms with Gasteiger partial charge in [-0.2, -0.15) is 0 Å². The Bertz CT molecular complexity index is 851. The summed E-state index contributed by atoms with van der Waals surface area (Å²) < 4.78 is 5.62. The summed E-state index contributed by atoms with van der Waals surface area (Å²) >= 11 is 0. The Kier molecular flexibility index (Phi) is 14.3. The number of likely N-dealkylation sites (tertiary alicyclic amines) is 1. The summed E-state index contributed by atoms with van der Waals surface area (Å²) in [7, 11) is 0. The molecule has 1 aromatic carbocycles. The third-order valence-electron chi connectivity index (χ3n) is 7.68. The van der Waals surface area contributed by atoms with Gasteiger partial charge in [-0.25, -0.2) is 4.79 Å². The van der Waals surface area contributed by atoms with Crippen molar-refractivity contribution in [2.24, 2.45) is 5.92 Å². The summed E-state index contributed by atoms with van der Waals surface area (Å²) in [6.07, 6.45) is 12.4. The maximum Gasteiger partial charge on any atom is 0.410 e. The predicted molar refractivity (Wildman–Crippen MR) is 156 cm³/mol. The van der Waals surface area contributed by atoms with Crippen molar-refractivity contribution in [3.05, 3.63) is 35.4 Å². The Balaban J connectivity index is 1.98. The van der Waals surface area contributed by atoms with Gasteiger partial charge >= 0.3 is 6.09 Å². The maximum absolute atomic E-state index is 13.5. The lowest BCUT2D eigenvalue weighted by Gasteiger charge is -2.40. The van der Waals surface area contributed by atoms with E-state index in [1.807, 2.05) is 39.8 Å². The van der Waals surface area contributed by atoms with Gasteiger partial charge in [-0.15, -0.1) is 0 Å². The van der Waals surface area contributed by atoms with E-state index in [0.29, 0.717) is 24.4 Å². The van der Waals surface area contributed by atoms with Crippen LogP contribution in [0.2, 0.25) is 0 Å². The smallest absolute Gasteiger partial charge is 0.410 e. The summed E-state index contributed by atoms with van der Waals surface area (Å²) in [6.45, 7) is 9.69. The Labute approximate surface area is 236 Å². The standard InChI is InChI=1S/C32H54N2O5/c1-6-7-8-9-10-11-12-13-14-15-25-20-21-34(31(38)39-32(3,4)5)28(22-25)30(37)33-27(23-35)29(36)26-18-16-24(2)17-19-26/h16-19,25,27-29,35-36H,6-15,20-23H2,1-5H3,(H,33,37)/t25?,27-,28?,29-/m0/s1. The number of carbonyl (C=O) groups is 2. The summed E-state index contributed by atoms with van der Waals surface area (Å²) in [5.41, 5.74) is 1.01. The molecule has 0 spiro atoms. The van der Waals surface area contributed by atoms with E-state index in [1.165, 1.54) is 56.3 Å². The van der Waals surface area contributed by atoms with Gasteiger partial charge in [0, 0.05) is 6.54 Å². The van der Waals surface area contributed by atoms with Crippen LogP contribution in [-0.4, -0.2) is 57.9 Å². The van der Waals surface area contributed by atoms with Crippen molar-refractivity contribution in [3.63, 3.8) is 0 Å². The number of aliphatic hydroxyl groups is 2. The van der Waals surface area contributed by atoms with Gasteiger partial charge in [0.2, 0.25) is 5.91 Å². The first-order chi connectivity index (χ1) is 18.6. The zero-order valence-corrected chi connectivity index (χ0v) is 25.1. The molecule has 2 amide bonds. The van der Waals surface area contributed by atoms with E-state index in [2.05, 4.69) is 12.2 Å². The molecule has 3 N–H and O–H groups in total. The Morgan fingerprint density at radius 2 is 1.62 bits per heavy atom. The highest BCUT2D eigenvalue weighted by Gasteiger charge is 2.39. The molecule has 0 radical (unpaired) electrons. The van der Waals surface area contributed by atoms with Crippen molar-refractivity contribution in [2.45, 2.75) is 135 Å². The van der Waals surface area contributed by atoms with Crippen LogP contribution in [0.1, 0.15) is 122 Å². The summed E-state index contributed by atoms with van der Waals surface area (Å²) in [5.74, 6) is -0.0126. The molecule has 0 saturated carbocycles. The zero-order chi connectivity index (χ0) is 28.8. The molecule has 0 bridgehead atoms. The second kappa shape index (κ2) is 16.9. The van der Waals surface area contributed by atoms with Crippen LogP contribution in [0, 0.1) is 12.8 Å². The van der Waals surface area contributed by atoms with Crippen molar-refractivity contribution >= 4 is 12.0 Å². The first-order valence-corrected chi connectivity index (χ1v) is 15.2. The third kappa shape index (κ3) is 11.9. The van der Waals surface area contributed by atoms with Gasteiger partial charge in [-0.1, -0.05) is 101 Å². The number of aliphatic hydroxyl groups excluding tert-OH is 2. The summed E-state index contributed by atoms with van der Waals surface area (Å²) in [4.78, 5) is 28.1. The van der Waals surface area contributed by atoms with Gasteiger partial charge in [0.05, 0.1) is 12.6 Å². The number of nitrogens with zero attached hydrogens (tertiary/aromatic N) is 1. The van der Waals surface area contributed by atoms with Crippen molar-refractivity contribution < 1.29 is 24.5 Å². The lowest BCUT2D eigenvalue weighted by Crippen LogP contribution is -2.57. The van der Waals surface area contributed by atoms with Crippen LogP contribution in [0.25, 0.3) is 0 Å². The highest BCUT2D eigenvalue weighted by atomic mass is 16.6. The second-order valence-electron chi connectivity index (χ2n) is 12.4. The quantitative estimate of drug-likeness (QED) is 0.220. The Morgan fingerprint density at radius 3 is 2.18 bits per heavy atom. The molecule has 1 aromatic rings. The number of unbranched alkanes of at least 4 members (excludes halogenated alkanes) is 8. The van der Waals surface area contributed by atoms with E-state index in [9.17, 15) is 19.8 Å². The van der Waals surface area contributed by atoms with Crippen LogP contribution < -0.4 is 5.32 Å². The molecule has 0 aromatic heterocycles. The second-order valence-corrected chi connectivity index (χ2v) is 12.4. The normalized spacial score (nSPS) is 19.4. The van der Waals surface area contributed by atoms with Crippen LogP contribution in [0.3, 0.4) is 0 Å². The summed E-state index contributed by atoms with van der Waals surface area (Å²) in [5, 5.41) is 23.7. The molecule has 2 unspecified atom stereocenters. The molecular formula is C32H54N2O5. The number of hydrogen-bond donors (Lipinski definition) is 3. The fraction of sp³-hybridized carbons (Fsp3) is 0.750. The van der Waals surface area contributed by atoms with Crippen molar-refractivity contribution in [2.75, 3.05) is 13.2 Å². The number of nitrogens with one attached hydrogen (secondary N) is 1. The van der Waals surface area contributed by atoms with Crippen molar-refractivity contribution in [1.29, 1.82) is 0 Å². The lowest BCUT2D eigenvalue weighted by atomic mass is 9.86. The van der Waals surface area contributed by atoms with Gasteiger partial charge in [-0.05, 0) is 52.0 Å². The summed E-state index contributed by atoms with van der Waals surface area (Å²) in [6, 6.07) is 5.79. The van der Waals surface area contributed by atoms with Crippen molar-refractivity contribution in [3.8, 4) is 0 Å². The number of ether oxygens (including phenoxy) is 1. The fourth-order valence-corrected chi connectivity index (χ4v) is 5.33. The number of piperidine rings is 1. The SMILES string of the molecule is CCCCCCCCCCCC1CCN(C(=O)OC(C)(C)C)C(C(=O)N[C@@H](CO)[C@@H](O)c2ccc(C)cc2)C1. The van der Waals surface area contributed by atoms with E-state index >= 15 is 0 Å². The minimum atomic E-state index is -1.06. The number of benzene rings is 1. The third-order valence-corrected chi connectivity index (χ3v) is 7.68. The molecule has 0 aliphatic carbocycles. The Morgan fingerprint density at radius 1 is 1.03 bits per heavy atom. The average molecular weight is 547 g/mol. The molecule has 2 rings (SSSR count). The van der Waals surface area contributed by atoms with Crippen LogP contribution >= 0.6 is 0 Å². The molecule has 1 fully saturated rings. The number of aryl methyl sites for hydroxylation is 1. The fourth-order valence-electron chi connectivity index (χ4n) is 5.33. The first-order valence-electron chi connectivity index (χ1n) is 15.2. The van der Waals surface area contributed by atoms with E-state index in [4.69, 9.17) is 4.74 Å². The predicted octanol–water partition coefficient (Wildman–Crippen LogP) is 6.44. The van der Waals surface area contributed by atoms with Crippen molar-refractivity contribution in [1.82, 2.24) is 10.2 Å². The largest absolute Gasteiger partial charge is 0.444 e. The van der Waals surface area contributed by atoms with Crippen LogP contribution in [0.4, 0.5) is 4.79 Å². The average Bonchev–Trinajstić information content (AvgIpc) is 2.89.